The summed E-state index contributed by atoms with van der Waals surface area (Å²) < 4.78 is 29.4. The highest BCUT2D eigenvalue weighted by Gasteiger charge is 2.35. The Morgan fingerprint density at radius 2 is 1.60 bits per heavy atom. The van der Waals surface area contributed by atoms with Crippen molar-refractivity contribution in [2.24, 2.45) is 0 Å². The molecule has 0 aliphatic rings. The van der Waals surface area contributed by atoms with E-state index in [-0.39, 0.29) is 18.9 Å². The average molecular weight is 634 g/mol. The van der Waals surface area contributed by atoms with Crippen molar-refractivity contribution < 1.29 is 18.0 Å². The minimum atomic E-state index is -4.08. The van der Waals surface area contributed by atoms with Crippen LogP contribution in [0.1, 0.15) is 35.6 Å². The molecule has 0 aromatic heterocycles. The van der Waals surface area contributed by atoms with Gasteiger partial charge in [0.15, 0.2) is 0 Å². The maximum Gasteiger partial charge on any atom is 0.304 e. The Kier molecular flexibility index (Phi) is 11.8. The van der Waals surface area contributed by atoms with Crippen LogP contribution in [0.5, 0.6) is 0 Å². The predicted molar refractivity (Wildman–Crippen MR) is 170 cm³/mol. The second-order valence-electron chi connectivity index (χ2n) is 10.4. The number of nitrogens with zero attached hydrogens (tertiary/aromatic N) is 3. The Balaban J connectivity index is 2.13. The maximum absolute atomic E-state index is 14.3. The fourth-order valence-electron chi connectivity index (χ4n) is 4.44. The Labute approximate surface area is 259 Å². The summed E-state index contributed by atoms with van der Waals surface area (Å²) >= 11 is 12.4. The summed E-state index contributed by atoms with van der Waals surface area (Å²) in [5, 5.41) is 3.59. The molecule has 0 bridgehead atoms. The zero-order chi connectivity index (χ0) is 31.0. The number of aryl methyl sites for hydroxylation is 2. The van der Waals surface area contributed by atoms with Gasteiger partial charge in [0.1, 0.15) is 12.6 Å². The number of carbonyl (C=O) groups excluding carboxylic acids is 2. The Morgan fingerprint density at radius 1 is 0.905 bits per heavy atom. The molecule has 0 spiro atoms. The van der Waals surface area contributed by atoms with Crippen LogP contribution >= 0.6 is 23.2 Å². The van der Waals surface area contributed by atoms with Gasteiger partial charge in [0, 0.05) is 33.6 Å². The smallest absolute Gasteiger partial charge is 0.304 e. The van der Waals surface area contributed by atoms with Gasteiger partial charge in [0.05, 0.1) is 15.7 Å². The number of amides is 2. The third kappa shape index (κ3) is 8.47. The van der Waals surface area contributed by atoms with Gasteiger partial charge in [-0.1, -0.05) is 78.7 Å². The zero-order valence-corrected chi connectivity index (χ0v) is 26.9. The van der Waals surface area contributed by atoms with Crippen LogP contribution < -0.4 is 9.62 Å². The largest absolute Gasteiger partial charge is 0.354 e. The van der Waals surface area contributed by atoms with Crippen molar-refractivity contribution in [3.63, 3.8) is 0 Å². The van der Waals surface area contributed by atoms with Crippen molar-refractivity contribution in [1.29, 1.82) is 0 Å². The predicted octanol–water partition coefficient (Wildman–Crippen LogP) is 5.39. The summed E-state index contributed by atoms with van der Waals surface area (Å²) in [4.78, 5) is 29.4. The van der Waals surface area contributed by atoms with Crippen molar-refractivity contribution in [2.75, 3.05) is 31.5 Å². The van der Waals surface area contributed by atoms with E-state index in [0.717, 1.165) is 19.7 Å². The number of halogens is 2. The van der Waals surface area contributed by atoms with Crippen molar-refractivity contribution in [2.45, 2.75) is 46.2 Å². The van der Waals surface area contributed by atoms with Gasteiger partial charge in [0.2, 0.25) is 11.8 Å². The number of hydrogen-bond acceptors (Lipinski definition) is 4. The van der Waals surface area contributed by atoms with Gasteiger partial charge in [-0.15, -0.1) is 0 Å². The number of carbonyl (C=O) groups is 2. The van der Waals surface area contributed by atoms with Gasteiger partial charge in [-0.25, -0.2) is 4.31 Å². The number of hydrogen-bond donors (Lipinski definition) is 1. The van der Waals surface area contributed by atoms with Crippen LogP contribution in [0.4, 0.5) is 5.69 Å². The molecule has 1 atom stereocenters. The van der Waals surface area contributed by atoms with Crippen LogP contribution in [0.15, 0.2) is 66.7 Å². The third-order valence-electron chi connectivity index (χ3n) is 6.81. The van der Waals surface area contributed by atoms with E-state index in [0.29, 0.717) is 39.8 Å². The second-order valence-corrected chi connectivity index (χ2v) is 13.2. The molecule has 0 heterocycles. The molecule has 1 N–H and O–H groups in total. The van der Waals surface area contributed by atoms with E-state index in [1.54, 1.807) is 31.2 Å². The zero-order valence-electron chi connectivity index (χ0n) is 24.6. The molecule has 3 rings (SSSR count). The highest BCUT2D eigenvalue weighted by Crippen LogP contribution is 2.27. The molecule has 2 amide bonds. The first-order chi connectivity index (χ1) is 19.8. The SMILES string of the molecule is CCCNC(=O)[C@H](Cc1ccccc1)N(Cc1ccc(Cl)c(Cl)c1)C(=O)CN(c1cc(C)ccc1C)S(=O)(=O)N(C)C. The summed E-state index contributed by atoms with van der Waals surface area (Å²) in [5.41, 5.74) is 3.43. The van der Waals surface area contributed by atoms with Crippen LogP contribution in [0, 0.1) is 13.8 Å². The normalized spacial score (nSPS) is 12.2. The van der Waals surface area contributed by atoms with Crippen molar-refractivity contribution in [3.8, 4) is 0 Å². The number of benzene rings is 3. The number of nitrogens with one attached hydrogen (secondary N) is 1. The molecule has 0 aliphatic heterocycles. The van der Waals surface area contributed by atoms with Gasteiger partial charge >= 0.3 is 10.2 Å². The lowest BCUT2D eigenvalue weighted by Crippen LogP contribution is -2.54. The van der Waals surface area contributed by atoms with Crippen LogP contribution in [-0.4, -0.2) is 62.7 Å². The molecule has 3 aromatic rings. The van der Waals surface area contributed by atoms with E-state index in [1.807, 2.05) is 56.3 Å². The highest BCUT2D eigenvalue weighted by atomic mass is 35.5. The van der Waals surface area contributed by atoms with E-state index < -0.39 is 28.7 Å². The molecule has 0 unspecified atom stereocenters. The van der Waals surface area contributed by atoms with Gasteiger partial charge in [-0.2, -0.15) is 12.7 Å². The van der Waals surface area contributed by atoms with E-state index in [4.69, 9.17) is 23.2 Å². The first-order valence-electron chi connectivity index (χ1n) is 13.7. The Hall–Kier alpha value is -3.11. The van der Waals surface area contributed by atoms with Crippen LogP contribution in [-0.2, 0) is 32.8 Å². The Bertz CT molecular complexity index is 1500. The Morgan fingerprint density at radius 3 is 2.21 bits per heavy atom. The van der Waals surface area contributed by atoms with Gasteiger partial charge in [-0.05, 0) is 60.7 Å². The summed E-state index contributed by atoms with van der Waals surface area (Å²) in [5.74, 6) is -0.872. The molecular formula is C31H38Cl2N4O4S. The molecule has 0 saturated carbocycles. The molecule has 0 radical (unpaired) electrons. The molecule has 226 valence electrons. The molecule has 0 aliphatic carbocycles. The summed E-state index contributed by atoms with van der Waals surface area (Å²) in [6.07, 6.45) is 0.944. The lowest BCUT2D eigenvalue weighted by Gasteiger charge is -2.35. The van der Waals surface area contributed by atoms with Crippen LogP contribution in [0.3, 0.4) is 0 Å². The monoisotopic (exact) mass is 632 g/mol. The lowest BCUT2D eigenvalue weighted by molar-refractivity contribution is -0.140. The average Bonchev–Trinajstić information content (AvgIpc) is 2.95. The number of rotatable bonds is 13. The number of anilines is 1. The molecule has 11 heteroatoms. The molecule has 0 fully saturated rings. The first-order valence-corrected chi connectivity index (χ1v) is 15.8. The standard InChI is InChI=1S/C31H38Cl2N4O4S/c1-6-16-34-31(39)29(19-24-10-8-7-9-11-24)36(20-25-14-15-26(32)27(33)18-25)30(38)21-37(42(40,41)35(4)5)28-17-22(2)12-13-23(28)3/h7-15,17-18,29H,6,16,19-21H2,1-5H3,(H,34,39)/t29-/m0/s1. The quantitative estimate of drug-likeness (QED) is 0.274. The molecule has 8 nitrogen and oxygen atoms in total. The van der Waals surface area contributed by atoms with Gasteiger partial charge < -0.3 is 10.2 Å². The van der Waals surface area contributed by atoms with Crippen molar-refractivity contribution in [1.82, 2.24) is 14.5 Å². The molecule has 3 aromatic carbocycles. The maximum atomic E-state index is 14.3. The van der Waals surface area contributed by atoms with E-state index in [2.05, 4.69) is 5.32 Å². The van der Waals surface area contributed by atoms with Crippen molar-refractivity contribution in [3.05, 3.63) is 99.0 Å². The molecular weight excluding hydrogens is 595 g/mol. The van der Waals surface area contributed by atoms with Gasteiger partial charge in [0.25, 0.3) is 0 Å². The molecule has 42 heavy (non-hydrogen) atoms. The highest BCUT2D eigenvalue weighted by molar-refractivity contribution is 7.90. The molecule has 0 saturated heterocycles. The van der Waals surface area contributed by atoms with Crippen LogP contribution in [0.25, 0.3) is 0 Å². The topological polar surface area (TPSA) is 90.0 Å². The summed E-state index contributed by atoms with van der Waals surface area (Å²) in [6.45, 7) is 5.52. The van der Waals surface area contributed by atoms with E-state index in [9.17, 15) is 18.0 Å². The second kappa shape index (κ2) is 14.9. The minimum absolute atomic E-state index is 0.00934. The lowest BCUT2D eigenvalue weighted by atomic mass is 10.0. The summed E-state index contributed by atoms with van der Waals surface area (Å²) in [6, 6.07) is 18.9. The first kappa shape index (κ1) is 33.4. The minimum Gasteiger partial charge on any atom is -0.354 e. The van der Waals surface area contributed by atoms with Crippen molar-refractivity contribution >= 4 is 50.9 Å². The summed E-state index contributed by atoms with van der Waals surface area (Å²) in [7, 11) is -1.25. The van der Waals surface area contributed by atoms with E-state index in [1.165, 1.54) is 19.0 Å². The van der Waals surface area contributed by atoms with Crippen LogP contribution in [0.2, 0.25) is 10.0 Å². The fraction of sp³-hybridized carbons (Fsp3) is 0.355. The third-order valence-corrected chi connectivity index (χ3v) is 9.35. The fourth-order valence-corrected chi connectivity index (χ4v) is 5.88. The van der Waals surface area contributed by atoms with E-state index >= 15 is 0 Å². The van der Waals surface area contributed by atoms with Gasteiger partial charge in [-0.3, -0.25) is 9.59 Å².